The van der Waals surface area contributed by atoms with Crippen molar-refractivity contribution >= 4 is 0 Å². The van der Waals surface area contributed by atoms with Crippen LogP contribution in [0.2, 0.25) is 0 Å². The topological polar surface area (TPSA) is 20.2 Å². The van der Waals surface area contributed by atoms with Gasteiger partial charge in [-0.3, -0.25) is 0 Å². The lowest BCUT2D eigenvalue weighted by Gasteiger charge is -2.29. The average molecular weight is 186 g/mol. The van der Waals surface area contributed by atoms with E-state index in [1.165, 1.54) is 25.7 Å². The number of unbranched alkanes of at least 4 members (excludes halogenated alkanes) is 3. The normalized spacial score (nSPS) is 14.5. The van der Waals surface area contributed by atoms with Crippen LogP contribution in [0.1, 0.15) is 66.2 Å². The van der Waals surface area contributed by atoms with Crippen molar-refractivity contribution in [2.24, 2.45) is 5.41 Å². The van der Waals surface area contributed by atoms with Gasteiger partial charge in [0.2, 0.25) is 0 Å². The molecule has 0 rings (SSSR count). The minimum absolute atomic E-state index is 0.114. The summed E-state index contributed by atoms with van der Waals surface area (Å²) < 4.78 is 0. The summed E-state index contributed by atoms with van der Waals surface area (Å²) in [6.45, 7) is 8.63. The molecule has 13 heavy (non-hydrogen) atoms. The molecule has 0 aliphatic carbocycles. The molecule has 0 amide bonds. The van der Waals surface area contributed by atoms with Crippen molar-refractivity contribution in [1.29, 1.82) is 0 Å². The number of hydrogen-bond donors (Lipinski definition) is 1. The Labute approximate surface area is 83.5 Å². The zero-order valence-corrected chi connectivity index (χ0v) is 9.77. The lowest BCUT2D eigenvalue weighted by Crippen LogP contribution is -2.28. The van der Waals surface area contributed by atoms with Gasteiger partial charge in [-0.05, 0) is 18.3 Å². The standard InChI is InChI=1S/C12H26O/c1-5-7-8-9-10-12(3,4)11(13)6-2/h11,13H,5-10H2,1-4H3. The minimum Gasteiger partial charge on any atom is -0.393 e. The van der Waals surface area contributed by atoms with Gasteiger partial charge in [0.1, 0.15) is 0 Å². The summed E-state index contributed by atoms with van der Waals surface area (Å²) in [5.74, 6) is 0. The monoisotopic (exact) mass is 186 g/mol. The molecular formula is C12H26O. The van der Waals surface area contributed by atoms with Crippen LogP contribution in [0.5, 0.6) is 0 Å². The van der Waals surface area contributed by atoms with Gasteiger partial charge in [0.05, 0.1) is 6.10 Å². The molecule has 0 aromatic heterocycles. The Bertz CT molecular complexity index is 118. The highest BCUT2D eigenvalue weighted by molar-refractivity contribution is 4.76. The zero-order chi connectivity index (χ0) is 10.3. The smallest absolute Gasteiger partial charge is 0.0588 e. The summed E-state index contributed by atoms with van der Waals surface area (Å²) in [6, 6.07) is 0. The molecule has 0 saturated carbocycles. The number of aliphatic hydroxyl groups is 1. The van der Waals surface area contributed by atoms with Gasteiger partial charge in [-0.25, -0.2) is 0 Å². The lowest BCUT2D eigenvalue weighted by molar-refractivity contribution is 0.0393. The molecule has 0 radical (unpaired) electrons. The molecule has 0 saturated heterocycles. The van der Waals surface area contributed by atoms with E-state index in [9.17, 15) is 5.11 Å². The SMILES string of the molecule is CCCCCCC(C)(C)C(O)CC. The first kappa shape index (κ1) is 13.0. The van der Waals surface area contributed by atoms with E-state index in [0.29, 0.717) is 0 Å². The Balaban J connectivity index is 3.62. The van der Waals surface area contributed by atoms with Crippen molar-refractivity contribution in [3.05, 3.63) is 0 Å². The van der Waals surface area contributed by atoms with Crippen LogP contribution in [-0.4, -0.2) is 11.2 Å². The maximum atomic E-state index is 9.74. The van der Waals surface area contributed by atoms with Crippen LogP contribution < -0.4 is 0 Å². The molecule has 0 fully saturated rings. The quantitative estimate of drug-likeness (QED) is 0.600. The van der Waals surface area contributed by atoms with Gasteiger partial charge in [0.15, 0.2) is 0 Å². The molecule has 80 valence electrons. The van der Waals surface area contributed by atoms with Crippen molar-refractivity contribution < 1.29 is 5.11 Å². The largest absolute Gasteiger partial charge is 0.393 e. The van der Waals surface area contributed by atoms with E-state index in [1.54, 1.807) is 0 Å². The van der Waals surface area contributed by atoms with Gasteiger partial charge < -0.3 is 5.11 Å². The summed E-state index contributed by atoms with van der Waals surface area (Å²) >= 11 is 0. The van der Waals surface area contributed by atoms with Crippen LogP contribution in [0, 0.1) is 5.41 Å². The van der Waals surface area contributed by atoms with Gasteiger partial charge in [0, 0.05) is 0 Å². The highest BCUT2D eigenvalue weighted by atomic mass is 16.3. The molecule has 1 unspecified atom stereocenters. The zero-order valence-electron chi connectivity index (χ0n) is 9.77. The Morgan fingerprint density at radius 1 is 1.08 bits per heavy atom. The average Bonchev–Trinajstić information content (AvgIpc) is 2.11. The molecule has 0 aliphatic rings. The van der Waals surface area contributed by atoms with Crippen LogP contribution in [-0.2, 0) is 0 Å². The van der Waals surface area contributed by atoms with Gasteiger partial charge in [0.25, 0.3) is 0 Å². The first-order chi connectivity index (χ1) is 6.04. The van der Waals surface area contributed by atoms with E-state index in [4.69, 9.17) is 0 Å². The second-order valence-corrected chi connectivity index (χ2v) is 4.72. The molecule has 1 atom stereocenters. The highest BCUT2D eigenvalue weighted by Gasteiger charge is 2.25. The van der Waals surface area contributed by atoms with E-state index in [0.717, 1.165) is 12.8 Å². The first-order valence-corrected chi connectivity index (χ1v) is 5.72. The summed E-state index contributed by atoms with van der Waals surface area (Å²) in [6.07, 6.45) is 7.10. The van der Waals surface area contributed by atoms with E-state index in [-0.39, 0.29) is 11.5 Å². The Morgan fingerprint density at radius 3 is 2.15 bits per heavy atom. The predicted molar refractivity (Wildman–Crippen MR) is 58.8 cm³/mol. The van der Waals surface area contributed by atoms with Crippen LogP contribution >= 0.6 is 0 Å². The molecule has 1 heteroatoms. The second kappa shape index (κ2) is 6.42. The third-order valence-electron chi connectivity index (χ3n) is 2.96. The van der Waals surface area contributed by atoms with Crippen molar-refractivity contribution in [3.8, 4) is 0 Å². The van der Waals surface area contributed by atoms with E-state index in [1.807, 2.05) is 0 Å². The summed E-state index contributed by atoms with van der Waals surface area (Å²) in [5, 5.41) is 9.74. The van der Waals surface area contributed by atoms with Crippen molar-refractivity contribution in [2.45, 2.75) is 72.3 Å². The molecular weight excluding hydrogens is 160 g/mol. The highest BCUT2D eigenvalue weighted by Crippen LogP contribution is 2.29. The Kier molecular flexibility index (Phi) is 6.40. The molecule has 1 nitrogen and oxygen atoms in total. The Morgan fingerprint density at radius 2 is 1.69 bits per heavy atom. The number of aliphatic hydroxyl groups excluding tert-OH is 1. The van der Waals surface area contributed by atoms with Crippen LogP contribution in [0.4, 0.5) is 0 Å². The summed E-state index contributed by atoms with van der Waals surface area (Å²) in [4.78, 5) is 0. The minimum atomic E-state index is -0.130. The summed E-state index contributed by atoms with van der Waals surface area (Å²) in [5.41, 5.74) is 0.114. The fourth-order valence-corrected chi connectivity index (χ4v) is 1.73. The van der Waals surface area contributed by atoms with Crippen molar-refractivity contribution in [3.63, 3.8) is 0 Å². The molecule has 0 aliphatic heterocycles. The maximum absolute atomic E-state index is 9.74. The van der Waals surface area contributed by atoms with Crippen LogP contribution in [0.15, 0.2) is 0 Å². The van der Waals surface area contributed by atoms with Crippen molar-refractivity contribution in [1.82, 2.24) is 0 Å². The van der Waals surface area contributed by atoms with Crippen LogP contribution in [0.25, 0.3) is 0 Å². The van der Waals surface area contributed by atoms with E-state index in [2.05, 4.69) is 27.7 Å². The molecule has 0 aromatic rings. The van der Waals surface area contributed by atoms with E-state index >= 15 is 0 Å². The van der Waals surface area contributed by atoms with Gasteiger partial charge in [-0.1, -0.05) is 53.4 Å². The molecule has 0 spiro atoms. The Hall–Kier alpha value is -0.0400. The molecule has 0 bridgehead atoms. The van der Waals surface area contributed by atoms with Crippen LogP contribution in [0.3, 0.4) is 0 Å². The summed E-state index contributed by atoms with van der Waals surface area (Å²) in [7, 11) is 0. The lowest BCUT2D eigenvalue weighted by atomic mass is 9.80. The van der Waals surface area contributed by atoms with Gasteiger partial charge >= 0.3 is 0 Å². The van der Waals surface area contributed by atoms with E-state index < -0.39 is 0 Å². The second-order valence-electron chi connectivity index (χ2n) is 4.72. The molecule has 0 heterocycles. The fourth-order valence-electron chi connectivity index (χ4n) is 1.73. The fraction of sp³-hybridized carbons (Fsp3) is 1.00. The predicted octanol–water partition coefficient (Wildman–Crippen LogP) is 3.75. The number of rotatable bonds is 7. The molecule has 0 aromatic carbocycles. The van der Waals surface area contributed by atoms with Crippen molar-refractivity contribution in [2.75, 3.05) is 0 Å². The van der Waals surface area contributed by atoms with Gasteiger partial charge in [-0.2, -0.15) is 0 Å². The maximum Gasteiger partial charge on any atom is 0.0588 e. The third kappa shape index (κ3) is 5.30. The number of hydrogen-bond acceptors (Lipinski definition) is 1. The third-order valence-corrected chi connectivity index (χ3v) is 2.96. The first-order valence-electron chi connectivity index (χ1n) is 5.72. The van der Waals surface area contributed by atoms with Gasteiger partial charge in [-0.15, -0.1) is 0 Å². The molecule has 1 N–H and O–H groups in total.